The first-order valence-corrected chi connectivity index (χ1v) is 22.9. The van der Waals surface area contributed by atoms with Gasteiger partial charge in [0.25, 0.3) is 5.56 Å². The molecule has 0 aromatic carbocycles. The highest BCUT2D eigenvalue weighted by molar-refractivity contribution is 8.55. The molecule has 318 valence electrons. The summed E-state index contributed by atoms with van der Waals surface area (Å²) in [5, 5.41) is 8.91. The summed E-state index contributed by atoms with van der Waals surface area (Å²) in [4.78, 5) is 61.2. The number of anilines is 1. The lowest BCUT2D eigenvalue weighted by Crippen LogP contribution is -2.36. The van der Waals surface area contributed by atoms with Gasteiger partial charge in [0.05, 0.1) is 31.4 Å². The van der Waals surface area contributed by atoms with Gasteiger partial charge in [0.1, 0.15) is 36.0 Å². The van der Waals surface area contributed by atoms with Crippen molar-refractivity contribution in [3.05, 3.63) is 45.8 Å². The summed E-state index contributed by atoms with van der Waals surface area (Å²) in [6.07, 6.45) is -1.24. The molecule has 0 radical (unpaired) electrons. The number of aliphatic hydroxyl groups is 1. The Kier molecular flexibility index (Phi) is 16.5. The van der Waals surface area contributed by atoms with E-state index in [1.54, 1.807) is 0 Å². The minimum Gasteiger partial charge on any atom is -0.396 e. The average molecular weight is 870 g/mol. The maximum absolute atomic E-state index is 16.3. The fourth-order valence-electron chi connectivity index (χ4n) is 6.27. The predicted octanol–water partition coefficient (Wildman–Crippen LogP) is 3.90. The number of phosphoric acid groups is 1. The van der Waals surface area contributed by atoms with Gasteiger partial charge >= 0.3 is 20.3 Å². The molecular formula is C32H47F2N7O13P2S. The number of unbranched alkanes of at least 4 members (excludes halogenated alkanes) is 7. The lowest BCUT2D eigenvalue weighted by molar-refractivity contribution is -0.116. The Hall–Kier alpha value is -2.95. The first-order chi connectivity index (χ1) is 27.2. The van der Waals surface area contributed by atoms with E-state index in [2.05, 4.69) is 19.5 Å². The van der Waals surface area contributed by atoms with Crippen molar-refractivity contribution in [2.75, 3.05) is 38.4 Å². The number of imidazole rings is 1. The minimum absolute atomic E-state index is 0.0736. The number of aliphatic hydroxyl groups excluding tert-OH is 1. The molecule has 0 aliphatic carbocycles. The van der Waals surface area contributed by atoms with Crippen LogP contribution in [-0.2, 0) is 41.5 Å². The van der Waals surface area contributed by atoms with E-state index < -0.39 is 82.2 Å². The lowest BCUT2D eigenvalue weighted by atomic mass is 10.1. The summed E-state index contributed by atoms with van der Waals surface area (Å²) in [5.74, 6) is -0.614. The fraction of sp³-hybridized carbons (Fsp3) is 0.688. The third-order valence-corrected chi connectivity index (χ3v) is 13.8. The molecule has 2 saturated heterocycles. The van der Waals surface area contributed by atoms with E-state index in [-0.39, 0.29) is 48.0 Å². The number of nitrogens with two attached hydrogens (primary N) is 1. The molecule has 5 rings (SSSR count). The number of alkyl halides is 2. The van der Waals surface area contributed by atoms with Crippen molar-refractivity contribution in [2.24, 2.45) is 0 Å². The van der Waals surface area contributed by atoms with Crippen LogP contribution in [0.4, 0.5) is 14.6 Å². The second-order valence-electron chi connectivity index (χ2n) is 13.4. The van der Waals surface area contributed by atoms with E-state index in [0.717, 1.165) is 64.3 Å². The second-order valence-corrected chi connectivity index (χ2v) is 19.0. The van der Waals surface area contributed by atoms with Crippen molar-refractivity contribution in [3.8, 4) is 0 Å². The lowest BCUT2D eigenvalue weighted by Gasteiger charge is -2.26. The molecule has 9 atom stereocenters. The summed E-state index contributed by atoms with van der Waals surface area (Å²) >= 11 is 0.457. The van der Waals surface area contributed by atoms with Crippen molar-refractivity contribution >= 4 is 48.8 Å². The summed E-state index contributed by atoms with van der Waals surface area (Å²) in [7, 11) is -3.78. The van der Waals surface area contributed by atoms with Gasteiger partial charge in [0.15, 0.2) is 30.1 Å². The van der Waals surface area contributed by atoms with Gasteiger partial charge in [-0.25, -0.2) is 37.7 Å². The molecule has 2 aliphatic heterocycles. The van der Waals surface area contributed by atoms with E-state index in [1.165, 1.54) is 17.2 Å². The van der Waals surface area contributed by atoms with Gasteiger partial charge in [-0.05, 0) is 24.2 Å². The van der Waals surface area contributed by atoms with Crippen molar-refractivity contribution < 1.29 is 60.3 Å². The predicted molar refractivity (Wildman–Crippen MR) is 201 cm³/mol. The molecule has 57 heavy (non-hydrogen) atoms. The second kappa shape index (κ2) is 20.8. The first-order valence-electron chi connectivity index (χ1n) is 18.3. The topological polar surface area (TPSA) is 272 Å². The van der Waals surface area contributed by atoms with Crippen molar-refractivity contribution in [2.45, 2.75) is 107 Å². The molecule has 25 heteroatoms. The van der Waals surface area contributed by atoms with Gasteiger partial charge in [-0.15, -0.1) is 0 Å². The molecule has 2 unspecified atom stereocenters. The van der Waals surface area contributed by atoms with E-state index in [9.17, 15) is 28.4 Å². The smallest absolute Gasteiger partial charge is 0.396 e. The molecule has 5 heterocycles. The maximum Gasteiger partial charge on any atom is 0.472 e. The van der Waals surface area contributed by atoms with Crippen LogP contribution in [0.5, 0.6) is 0 Å². The summed E-state index contributed by atoms with van der Waals surface area (Å²) in [6, 6.07) is 0.931. The number of carbonyl (C=O) groups is 1. The number of nitrogens with zero attached hydrogens (tertiary/aromatic N) is 5. The number of carbonyl (C=O) groups excluding carboxylic acids is 1. The molecule has 0 amide bonds. The quantitative estimate of drug-likeness (QED) is 0.0734. The highest BCUT2D eigenvalue weighted by atomic mass is 32.7. The van der Waals surface area contributed by atoms with Gasteiger partial charge in [0, 0.05) is 38.8 Å². The van der Waals surface area contributed by atoms with Gasteiger partial charge in [-0.3, -0.25) is 41.8 Å². The largest absolute Gasteiger partial charge is 0.472 e. The Morgan fingerprint density at radius 3 is 2.44 bits per heavy atom. The number of aromatic amines is 1. The molecule has 0 spiro atoms. The van der Waals surface area contributed by atoms with Crippen LogP contribution in [0.15, 0.2) is 34.5 Å². The molecule has 2 fully saturated rings. The average Bonchev–Trinajstić information content (AvgIpc) is 3.87. The number of hydrogen-bond acceptors (Lipinski definition) is 17. The number of ketones is 1. The van der Waals surface area contributed by atoms with E-state index >= 15 is 8.78 Å². The molecule has 3 aromatic heterocycles. The van der Waals surface area contributed by atoms with Crippen molar-refractivity contribution in [1.29, 1.82) is 0 Å². The number of rotatable bonds is 24. The van der Waals surface area contributed by atoms with Crippen LogP contribution in [0.3, 0.4) is 0 Å². The Bertz CT molecular complexity index is 2010. The minimum atomic E-state index is -4.67. The number of ether oxygens (including phenoxy) is 2. The summed E-state index contributed by atoms with van der Waals surface area (Å²) in [5.41, 5.74) is 4.46. The number of nitrogen functional groups attached to an aromatic ring is 1. The number of fused-ring (bicyclic) bond motifs is 1. The van der Waals surface area contributed by atoms with Crippen molar-refractivity contribution in [3.63, 3.8) is 0 Å². The highest BCUT2D eigenvalue weighted by Gasteiger charge is 2.52. The van der Waals surface area contributed by atoms with Gasteiger partial charge in [-0.1, -0.05) is 38.5 Å². The molecule has 5 N–H and O–H groups in total. The zero-order chi connectivity index (χ0) is 41.2. The van der Waals surface area contributed by atoms with E-state index in [4.69, 9.17) is 33.9 Å². The number of Topliss-reactive ketones (excluding diaryl/α,β-unsaturated/α-hetero) is 1. The van der Waals surface area contributed by atoms with Crippen LogP contribution in [0.25, 0.3) is 11.2 Å². The van der Waals surface area contributed by atoms with Crippen LogP contribution in [0, 0.1) is 0 Å². The third-order valence-electron chi connectivity index (χ3n) is 9.23. The number of phosphoric ester groups is 1. The molecule has 2 aliphatic rings. The Labute approximate surface area is 329 Å². The first kappa shape index (κ1) is 45.1. The SMILES string of the molecule is COP(=O)(O)OC[C@H]1O[C@@H](n2ccc(=O)[nH]c2=O)[C@H](F)[C@@H]1OP(=O)(OC[C@@H]1C[C@@H](F)[C@H](n2cnc3c(N)ncnc32)O1)SCC(=O)CCCCCCCCCCO. The molecule has 0 saturated carbocycles. The summed E-state index contributed by atoms with van der Waals surface area (Å²) < 4.78 is 92.9. The highest BCUT2D eigenvalue weighted by Crippen LogP contribution is 2.63. The maximum atomic E-state index is 16.3. The van der Waals surface area contributed by atoms with Crippen LogP contribution in [-0.4, -0.2) is 108 Å². The van der Waals surface area contributed by atoms with Crippen LogP contribution in [0.2, 0.25) is 0 Å². The Morgan fingerprint density at radius 2 is 1.74 bits per heavy atom. The zero-order valence-electron chi connectivity index (χ0n) is 31.0. The van der Waals surface area contributed by atoms with E-state index in [0.29, 0.717) is 22.4 Å². The Morgan fingerprint density at radius 1 is 1.02 bits per heavy atom. The van der Waals surface area contributed by atoms with Crippen molar-refractivity contribution in [1.82, 2.24) is 29.1 Å². The molecular weight excluding hydrogens is 822 g/mol. The van der Waals surface area contributed by atoms with E-state index in [1.807, 2.05) is 4.98 Å². The number of nitrogens with one attached hydrogen (secondary N) is 1. The molecule has 3 aromatic rings. The number of H-pyrrole nitrogens is 1. The zero-order valence-corrected chi connectivity index (χ0v) is 33.6. The van der Waals surface area contributed by atoms with Gasteiger partial charge in [-0.2, -0.15) is 0 Å². The van der Waals surface area contributed by atoms with Crippen LogP contribution >= 0.6 is 26.0 Å². The Balaban J connectivity index is 1.30. The number of halogens is 2. The standard InChI is InChI=1S/C32H47F2N7O13P2S/c1-49-55(46,47)50-16-23-27(25(34)31(53-23)40-12-11-24(44)39-32(40)45)54-56(48,57-17-20(43)10-8-6-4-2-3-5-7-9-13-42)51-15-21-14-22(33)30(52-21)41-19-38-26-28(35)36-18-37-29(26)41/h11-12,18-19,21-23,25,27,30-31,42H,2-10,13-17H2,1H3,(H,46,47)(H2,35,36,37)(H,39,44,45)/t21-,22+,23+,25+,27+,30+,31+,56?/m0/s1. The fourth-order valence-corrected chi connectivity index (χ4v) is 10.1. The van der Waals surface area contributed by atoms with Crippen LogP contribution in [0.1, 0.15) is 76.7 Å². The van der Waals surface area contributed by atoms with Gasteiger partial charge < -0.3 is 25.2 Å². The van der Waals surface area contributed by atoms with Gasteiger partial charge in [0.2, 0.25) is 0 Å². The molecule has 0 bridgehead atoms. The third kappa shape index (κ3) is 12.3. The normalized spacial score (nSPS) is 25.8. The monoisotopic (exact) mass is 869 g/mol. The van der Waals surface area contributed by atoms with Crippen LogP contribution < -0.4 is 17.0 Å². The molecule has 20 nitrogen and oxygen atoms in total. The summed E-state index contributed by atoms with van der Waals surface area (Å²) in [6.45, 7) is -5.88. The number of hydrogen-bond donors (Lipinski definition) is 4. The number of aromatic nitrogens is 6.